The van der Waals surface area contributed by atoms with Gasteiger partial charge in [0.15, 0.2) is 11.5 Å². The molecular formula is C21H29N5O2. The maximum absolute atomic E-state index is 5.48. The van der Waals surface area contributed by atoms with Crippen LogP contribution in [-0.2, 0) is 6.54 Å². The number of anilines is 2. The van der Waals surface area contributed by atoms with E-state index >= 15 is 0 Å². The number of piperazine rings is 1. The number of nitrogens with one attached hydrogen (secondary N) is 1. The van der Waals surface area contributed by atoms with Gasteiger partial charge in [0.05, 0.1) is 0 Å². The fourth-order valence-corrected chi connectivity index (χ4v) is 3.49. The van der Waals surface area contributed by atoms with Gasteiger partial charge in [0, 0.05) is 45.5 Å². The molecule has 4 rings (SSSR count). The van der Waals surface area contributed by atoms with E-state index in [9.17, 15) is 0 Å². The Hall–Kier alpha value is -2.54. The van der Waals surface area contributed by atoms with Crippen LogP contribution in [0.1, 0.15) is 25.8 Å². The van der Waals surface area contributed by atoms with Crippen LogP contribution in [0.2, 0.25) is 0 Å². The highest BCUT2D eigenvalue weighted by Gasteiger charge is 2.20. The zero-order valence-electron chi connectivity index (χ0n) is 16.7. The maximum Gasteiger partial charge on any atom is 0.231 e. The van der Waals surface area contributed by atoms with Crippen LogP contribution < -0.4 is 19.7 Å². The molecule has 0 aliphatic carbocycles. The predicted molar refractivity (Wildman–Crippen MR) is 110 cm³/mol. The molecule has 0 atom stereocenters. The second-order valence-electron chi connectivity index (χ2n) is 7.80. The van der Waals surface area contributed by atoms with Crippen molar-refractivity contribution in [1.82, 2.24) is 14.9 Å². The molecule has 0 radical (unpaired) electrons. The molecule has 3 heterocycles. The van der Waals surface area contributed by atoms with E-state index < -0.39 is 0 Å². The van der Waals surface area contributed by atoms with Crippen LogP contribution in [0.15, 0.2) is 30.5 Å². The highest BCUT2D eigenvalue weighted by molar-refractivity contribution is 5.44. The topological polar surface area (TPSA) is 62.8 Å². The van der Waals surface area contributed by atoms with Crippen molar-refractivity contribution in [1.29, 1.82) is 0 Å². The zero-order chi connectivity index (χ0) is 19.3. The summed E-state index contributed by atoms with van der Waals surface area (Å²) in [5.41, 5.74) is 1.25. The van der Waals surface area contributed by atoms with E-state index in [1.165, 1.54) is 5.56 Å². The molecule has 1 aromatic carbocycles. The molecule has 0 spiro atoms. The van der Waals surface area contributed by atoms with Crippen LogP contribution in [-0.4, -0.2) is 54.4 Å². The lowest BCUT2D eigenvalue weighted by Crippen LogP contribution is -2.46. The maximum atomic E-state index is 5.48. The summed E-state index contributed by atoms with van der Waals surface area (Å²) in [6.07, 6.45) is 2.98. The second kappa shape index (κ2) is 8.65. The monoisotopic (exact) mass is 383 g/mol. The van der Waals surface area contributed by atoms with Crippen molar-refractivity contribution < 1.29 is 9.47 Å². The molecular weight excluding hydrogens is 354 g/mol. The van der Waals surface area contributed by atoms with Gasteiger partial charge in [-0.2, -0.15) is 4.98 Å². The molecule has 1 N–H and O–H groups in total. The largest absolute Gasteiger partial charge is 0.454 e. The summed E-state index contributed by atoms with van der Waals surface area (Å²) in [6, 6.07) is 8.15. The smallest absolute Gasteiger partial charge is 0.231 e. The van der Waals surface area contributed by atoms with Crippen molar-refractivity contribution in [2.75, 3.05) is 49.7 Å². The summed E-state index contributed by atoms with van der Waals surface area (Å²) in [7, 11) is 0. The molecule has 28 heavy (non-hydrogen) atoms. The molecule has 7 nitrogen and oxygen atoms in total. The van der Waals surface area contributed by atoms with Gasteiger partial charge in [-0.15, -0.1) is 0 Å². The Morgan fingerprint density at radius 2 is 1.89 bits per heavy atom. The Bertz CT molecular complexity index is 790. The summed E-state index contributed by atoms with van der Waals surface area (Å²) in [6.45, 7) is 10.5. The predicted octanol–water partition coefficient (Wildman–Crippen LogP) is 2.99. The zero-order valence-corrected chi connectivity index (χ0v) is 16.7. The van der Waals surface area contributed by atoms with Crippen LogP contribution in [0, 0.1) is 5.92 Å². The number of ether oxygens (including phenoxy) is 2. The molecule has 1 saturated heterocycles. The molecule has 7 heteroatoms. The summed E-state index contributed by atoms with van der Waals surface area (Å²) < 4.78 is 10.9. The normalized spacial score (nSPS) is 16.6. The molecule has 0 bridgehead atoms. The number of fused-ring (bicyclic) bond motifs is 1. The van der Waals surface area contributed by atoms with Crippen molar-refractivity contribution in [3.63, 3.8) is 0 Å². The quantitative estimate of drug-likeness (QED) is 0.788. The lowest BCUT2D eigenvalue weighted by Gasteiger charge is -2.34. The highest BCUT2D eigenvalue weighted by Crippen LogP contribution is 2.32. The molecule has 2 aromatic rings. The molecule has 0 unspecified atom stereocenters. The van der Waals surface area contributed by atoms with Gasteiger partial charge in [0.25, 0.3) is 0 Å². The lowest BCUT2D eigenvalue weighted by molar-refractivity contribution is 0.174. The molecule has 150 valence electrons. The molecule has 1 aromatic heterocycles. The second-order valence-corrected chi connectivity index (χ2v) is 7.80. The van der Waals surface area contributed by atoms with Gasteiger partial charge in [-0.25, -0.2) is 4.98 Å². The van der Waals surface area contributed by atoms with Crippen LogP contribution >= 0.6 is 0 Å². The van der Waals surface area contributed by atoms with E-state index in [1.54, 1.807) is 0 Å². The molecule has 1 fully saturated rings. The van der Waals surface area contributed by atoms with Gasteiger partial charge in [-0.3, -0.25) is 4.90 Å². The first-order chi connectivity index (χ1) is 13.7. The minimum Gasteiger partial charge on any atom is -0.454 e. The number of rotatable bonds is 7. The number of benzene rings is 1. The Balaban J connectivity index is 1.29. The third-order valence-electron chi connectivity index (χ3n) is 5.17. The van der Waals surface area contributed by atoms with Crippen LogP contribution in [0.5, 0.6) is 11.5 Å². The third-order valence-corrected chi connectivity index (χ3v) is 5.17. The van der Waals surface area contributed by atoms with E-state index in [0.29, 0.717) is 12.7 Å². The Labute approximate surface area is 166 Å². The van der Waals surface area contributed by atoms with Crippen molar-refractivity contribution in [2.45, 2.75) is 26.8 Å². The van der Waals surface area contributed by atoms with Crippen molar-refractivity contribution in [3.8, 4) is 11.5 Å². The van der Waals surface area contributed by atoms with Crippen molar-refractivity contribution in [3.05, 3.63) is 36.0 Å². The van der Waals surface area contributed by atoms with Gasteiger partial charge >= 0.3 is 0 Å². The van der Waals surface area contributed by atoms with Crippen molar-refractivity contribution >= 4 is 11.8 Å². The Kier molecular flexibility index (Phi) is 5.81. The first-order valence-electron chi connectivity index (χ1n) is 10.1. The van der Waals surface area contributed by atoms with Gasteiger partial charge in [-0.1, -0.05) is 19.9 Å². The standard InChI is InChI=1S/C21H29N5O2/c1-16(2)5-7-22-20-6-8-23-21(24-20)26-11-9-25(10-12-26)14-17-3-4-18-19(13-17)28-15-27-18/h3-4,6,8,13,16H,5,7,9-12,14-15H2,1-2H3,(H,22,23,24). The molecule has 2 aliphatic heterocycles. The van der Waals surface area contributed by atoms with Gasteiger partial charge < -0.3 is 19.7 Å². The van der Waals surface area contributed by atoms with Crippen LogP contribution in [0.4, 0.5) is 11.8 Å². The van der Waals surface area contributed by atoms with Gasteiger partial charge in [0.2, 0.25) is 12.7 Å². The van der Waals surface area contributed by atoms with Crippen molar-refractivity contribution in [2.24, 2.45) is 5.92 Å². The SMILES string of the molecule is CC(C)CCNc1ccnc(N2CCN(Cc3ccc4c(c3)OCO4)CC2)n1. The minimum atomic E-state index is 0.322. The van der Waals surface area contributed by atoms with Crippen LogP contribution in [0.3, 0.4) is 0 Å². The highest BCUT2D eigenvalue weighted by atomic mass is 16.7. The lowest BCUT2D eigenvalue weighted by atomic mass is 10.1. The summed E-state index contributed by atoms with van der Waals surface area (Å²) in [5.74, 6) is 4.11. The molecule has 2 aliphatic rings. The summed E-state index contributed by atoms with van der Waals surface area (Å²) in [4.78, 5) is 13.9. The number of nitrogens with zero attached hydrogens (tertiary/aromatic N) is 4. The fourth-order valence-electron chi connectivity index (χ4n) is 3.49. The third kappa shape index (κ3) is 4.65. The average Bonchev–Trinajstić information content (AvgIpc) is 3.16. The number of hydrogen-bond acceptors (Lipinski definition) is 7. The molecule has 0 saturated carbocycles. The first kappa shape index (κ1) is 18.8. The fraction of sp³-hybridized carbons (Fsp3) is 0.524. The number of hydrogen-bond donors (Lipinski definition) is 1. The number of aromatic nitrogens is 2. The van der Waals surface area contributed by atoms with E-state index in [0.717, 1.165) is 69.0 Å². The summed E-state index contributed by atoms with van der Waals surface area (Å²) >= 11 is 0. The summed E-state index contributed by atoms with van der Waals surface area (Å²) in [5, 5.41) is 3.41. The average molecular weight is 383 g/mol. The Morgan fingerprint density at radius 3 is 2.71 bits per heavy atom. The van der Waals surface area contributed by atoms with E-state index in [-0.39, 0.29) is 0 Å². The van der Waals surface area contributed by atoms with Crippen LogP contribution in [0.25, 0.3) is 0 Å². The Morgan fingerprint density at radius 1 is 1.07 bits per heavy atom. The van der Waals surface area contributed by atoms with E-state index in [2.05, 4.69) is 46.1 Å². The molecule has 0 amide bonds. The first-order valence-corrected chi connectivity index (χ1v) is 10.1. The van der Waals surface area contributed by atoms with Gasteiger partial charge in [0.1, 0.15) is 5.82 Å². The minimum absolute atomic E-state index is 0.322. The van der Waals surface area contributed by atoms with Gasteiger partial charge in [-0.05, 0) is 36.1 Å². The van der Waals surface area contributed by atoms with E-state index in [1.807, 2.05) is 18.3 Å². The van der Waals surface area contributed by atoms with E-state index in [4.69, 9.17) is 14.5 Å².